The Morgan fingerprint density at radius 1 is 1.36 bits per heavy atom. The van der Waals surface area contributed by atoms with Crippen LogP contribution < -0.4 is 5.73 Å². The van der Waals surface area contributed by atoms with E-state index in [1.807, 2.05) is 6.92 Å². The van der Waals surface area contributed by atoms with Crippen LogP contribution in [0.15, 0.2) is 23.8 Å². The van der Waals surface area contributed by atoms with Gasteiger partial charge >= 0.3 is 0 Å². The number of halogens is 2. The van der Waals surface area contributed by atoms with Gasteiger partial charge in [-0.2, -0.15) is 0 Å². The molecule has 0 aliphatic carbocycles. The Morgan fingerprint density at radius 3 is 2.57 bits per heavy atom. The molecule has 14 heavy (non-hydrogen) atoms. The quantitative estimate of drug-likeness (QED) is 0.792. The molecule has 0 saturated carbocycles. The lowest BCUT2D eigenvalue weighted by Gasteiger charge is -2.01. The zero-order chi connectivity index (χ0) is 10.6. The maximum Gasteiger partial charge on any atom is 0.159 e. The van der Waals surface area contributed by atoms with E-state index < -0.39 is 11.6 Å². The molecule has 1 nitrogen and oxygen atoms in total. The zero-order valence-corrected chi connectivity index (χ0v) is 8.06. The molecule has 0 unspecified atom stereocenters. The first-order valence-corrected chi connectivity index (χ1v) is 4.52. The SMILES string of the molecule is CCC(=Cc1ccc(F)c(F)c1)CN. The highest BCUT2D eigenvalue weighted by Crippen LogP contribution is 2.12. The van der Waals surface area contributed by atoms with Gasteiger partial charge in [0.25, 0.3) is 0 Å². The van der Waals surface area contributed by atoms with Crippen LogP contribution in [0.3, 0.4) is 0 Å². The smallest absolute Gasteiger partial charge is 0.159 e. The first kappa shape index (κ1) is 10.9. The molecule has 1 aromatic rings. The van der Waals surface area contributed by atoms with E-state index in [0.29, 0.717) is 12.1 Å². The van der Waals surface area contributed by atoms with E-state index in [9.17, 15) is 8.78 Å². The second kappa shape index (κ2) is 4.86. The molecule has 2 N–H and O–H groups in total. The Hall–Kier alpha value is -1.22. The molecule has 0 bridgehead atoms. The standard InChI is InChI=1S/C11H13F2N/c1-2-8(7-14)5-9-3-4-10(12)11(13)6-9/h3-6H,2,7,14H2,1H3. The monoisotopic (exact) mass is 197 g/mol. The fourth-order valence-corrected chi connectivity index (χ4v) is 1.14. The first-order valence-electron chi connectivity index (χ1n) is 4.52. The predicted molar refractivity (Wildman–Crippen MR) is 53.7 cm³/mol. The molecule has 0 aliphatic heterocycles. The molecular weight excluding hydrogens is 184 g/mol. The second-order valence-electron chi connectivity index (χ2n) is 3.03. The van der Waals surface area contributed by atoms with Crippen LogP contribution in [-0.2, 0) is 0 Å². The summed E-state index contributed by atoms with van der Waals surface area (Å²) in [4.78, 5) is 0. The van der Waals surface area contributed by atoms with Crippen LogP contribution in [0, 0.1) is 11.6 Å². The molecule has 0 atom stereocenters. The van der Waals surface area contributed by atoms with Crippen molar-refractivity contribution in [1.82, 2.24) is 0 Å². The van der Waals surface area contributed by atoms with E-state index in [-0.39, 0.29) is 0 Å². The highest BCUT2D eigenvalue weighted by molar-refractivity contribution is 5.53. The molecule has 0 aromatic heterocycles. The van der Waals surface area contributed by atoms with Gasteiger partial charge in [-0.1, -0.05) is 24.6 Å². The molecule has 0 aliphatic rings. The fraction of sp³-hybridized carbons (Fsp3) is 0.273. The minimum atomic E-state index is -0.828. The molecular formula is C11H13F2N. The van der Waals surface area contributed by atoms with Crippen LogP contribution in [0.2, 0.25) is 0 Å². The summed E-state index contributed by atoms with van der Waals surface area (Å²) in [6, 6.07) is 3.81. The number of nitrogens with two attached hydrogens (primary N) is 1. The van der Waals surface area contributed by atoms with E-state index >= 15 is 0 Å². The average molecular weight is 197 g/mol. The Bertz CT molecular complexity index is 339. The minimum Gasteiger partial charge on any atom is -0.327 e. The maximum atomic E-state index is 12.8. The molecule has 3 heteroatoms. The first-order chi connectivity index (χ1) is 6.67. The van der Waals surface area contributed by atoms with Gasteiger partial charge in [-0.05, 0) is 24.1 Å². The average Bonchev–Trinajstić information content (AvgIpc) is 2.19. The second-order valence-corrected chi connectivity index (χ2v) is 3.03. The third kappa shape index (κ3) is 2.64. The van der Waals surface area contributed by atoms with Crippen LogP contribution in [0.4, 0.5) is 8.78 Å². The van der Waals surface area contributed by atoms with Gasteiger partial charge in [0.1, 0.15) is 0 Å². The predicted octanol–water partition coefficient (Wildman–Crippen LogP) is 2.72. The lowest BCUT2D eigenvalue weighted by molar-refractivity contribution is 0.508. The summed E-state index contributed by atoms with van der Waals surface area (Å²) in [5.41, 5.74) is 7.12. The summed E-state index contributed by atoms with van der Waals surface area (Å²) in [6.07, 6.45) is 2.60. The van der Waals surface area contributed by atoms with E-state index in [4.69, 9.17) is 5.73 Å². The summed E-state index contributed by atoms with van der Waals surface area (Å²) >= 11 is 0. The van der Waals surface area contributed by atoms with Crippen molar-refractivity contribution >= 4 is 6.08 Å². The summed E-state index contributed by atoms with van der Waals surface area (Å²) in [5, 5.41) is 0. The van der Waals surface area contributed by atoms with Gasteiger partial charge in [0.15, 0.2) is 11.6 Å². The van der Waals surface area contributed by atoms with Gasteiger partial charge in [-0.15, -0.1) is 0 Å². The van der Waals surface area contributed by atoms with Gasteiger partial charge in [-0.3, -0.25) is 0 Å². The summed E-state index contributed by atoms with van der Waals surface area (Å²) in [7, 11) is 0. The van der Waals surface area contributed by atoms with Crippen LogP contribution in [0.5, 0.6) is 0 Å². The van der Waals surface area contributed by atoms with Gasteiger partial charge < -0.3 is 5.73 Å². The van der Waals surface area contributed by atoms with Gasteiger partial charge in [0.05, 0.1) is 0 Å². The molecule has 1 aromatic carbocycles. The van der Waals surface area contributed by atoms with Crippen molar-refractivity contribution in [2.75, 3.05) is 6.54 Å². The van der Waals surface area contributed by atoms with Crippen LogP contribution in [0.1, 0.15) is 18.9 Å². The normalized spacial score (nSPS) is 11.9. The molecule has 1 rings (SSSR count). The maximum absolute atomic E-state index is 12.8. The third-order valence-electron chi connectivity index (χ3n) is 2.03. The Labute approximate surface area is 82.2 Å². The van der Waals surface area contributed by atoms with Crippen LogP contribution >= 0.6 is 0 Å². The van der Waals surface area contributed by atoms with Crippen molar-refractivity contribution in [3.8, 4) is 0 Å². The van der Waals surface area contributed by atoms with Crippen molar-refractivity contribution < 1.29 is 8.78 Å². The van der Waals surface area contributed by atoms with E-state index in [2.05, 4.69) is 0 Å². The largest absolute Gasteiger partial charge is 0.327 e. The van der Waals surface area contributed by atoms with E-state index in [0.717, 1.165) is 18.1 Å². The van der Waals surface area contributed by atoms with Crippen LogP contribution in [0.25, 0.3) is 6.08 Å². The number of benzene rings is 1. The Kier molecular flexibility index (Phi) is 3.77. The Balaban J connectivity index is 2.97. The van der Waals surface area contributed by atoms with Gasteiger partial charge in [-0.25, -0.2) is 8.78 Å². The molecule has 0 spiro atoms. The van der Waals surface area contributed by atoms with Crippen LogP contribution in [-0.4, -0.2) is 6.54 Å². The van der Waals surface area contributed by atoms with Crippen molar-refractivity contribution in [2.24, 2.45) is 5.73 Å². The highest BCUT2D eigenvalue weighted by atomic mass is 19.2. The third-order valence-corrected chi connectivity index (χ3v) is 2.03. The lowest BCUT2D eigenvalue weighted by atomic mass is 10.1. The highest BCUT2D eigenvalue weighted by Gasteiger charge is 2.01. The van der Waals surface area contributed by atoms with Crippen molar-refractivity contribution in [2.45, 2.75) is 13.3 Å². The molecule has 0 radical (unpaired) electrons. The molecule has 0 amide bonds. The molecule has 76 valence electrons. The zero-order valence-electron chi connectivity index (χ0n) is 8.06. The van der Waals surface area contributed by atoms with Crippen molar-refractivity contribution in [1.29, 1.82) is 0 Å². The fourth-order valence-electron chi connectivity index (χ4n) is 1.14. The molecule has 0 fully saturated rings. The van der Waals surface area contributed by atoms with Crippen molar-refractivity contribution in [3.63, 3.8) is 0 Å². The number of hydrogen-bond acceptors (Lipinski definition) is 1. The lowest BCUT2D eigenvalue weighted by Crippen LogP contribution is -2.01. The van der Waals surface area contributed by atoms with Gasteiger partial charge in [0, 0.05) is 6.54 Å². The number of rotatable bonds is 3. The molecule has 0 heterocycles. The van der Waals surface area contributed by atoms with E-state index in [1.54, 1.807) is 6.08 Å². The van der Waals surface area contributed by atoms with Gasteiger partial charge in [0.2, 0.25) is 0 Å². The summed E-state index contributed by atoms with van der Waals surface area (Å²) in [6.45, 7) is 2.41. The van der Waals surface area contributed by atoms with E-state index in [1.165, 1.54) is 12.1 Å². The summed E-state index contributed by atoms with van der Waals surface area (Å²) in [5.74, 6) is -1.65. The topological polar surface area (TPSA) is 26.0 Å². The number of hydrogen-bond donors (Lipinski definition) is 1. The van der Waals surface area contributed by atoms with Crippen molar-refractivity contribution in [3.05, 3.63) is 41.0 Å². The molecule has 0 saturated heterocycles. The Morgan fingerprint density at radius 2 is 2.07 bits per heavy atom. The summed E-state index contributed by atoms with van der Waals surface area (Å²) < 4.78 is 25.4. The minimum absolute atomic E-state index is 0.440.